The van der Waals surface area contributed by atoms with Crippen LogP contribution in [0.1, 0.15) is 0 Å². The third-order valence-corrected chi connectivity index (χ3v) is 1.79. The zero-order valence-electron chi connectivity index (χ0n) is 9.31. The van der Waals surface area contributed by atoms with E-state index in [-0.39, 0.29) is 5.69 Å². The highest BCUT2D eigenvalue weighted by Gasteiger charge is 2.09. The lowest BCUT2D eigenvalue weighted by atomic mass is 10.3. The average molecular weight is 270 g/mol. The Labute approximate surface area is 105 Å². The van der Waals surface area contributed by atoms with Gasteiger partial charge in [0.05, 0.1) is 5.69 Å². The molecule has 8 heteroatoms. The molecule has 0 unspecified atom stereocenters. The molecule has 0 aliphatic heterocycles. The summed E-state index contributed by atoms with van der Waals surface area (Å²) in [5.74, 6) is -4.19. The van der Waals surface area contributed by atoms with Crippen molar-refractivity contribution >= 4 is 23.6 Å². The van der Waals surface area contributed by atoms with Crippen LogP contribution in [0, 0.1) is 11.6 Å². The van der Waals surface area contributed by atoms with Gasteiger partial charge in [0.2, 0.25) is 0 Å². The van der Waals surface area contributed by atoms with Crippen LogP contribution in [0.4, 0.5) is 19.3 Å². The number of nitrogens with one attached hydrogen (secondary N) is 2. The zero-order valence-corrected chi connectivity index (χ0v) is 9.31. The Morgan fingerprint density at radius 2 is 1.84 bits per heavy atom. The molecule has 0 saturated carbocycles. The van der Waals surface area contributed by atoms with Gasteiger partial charge in [0.1, 0.15) is 11.6 Å². The first kappa shape index (κ1) is 14.3. The van der Waals surface area contributed by atoms with E-state index < -0.39 is 29.5 Å². The van der Waals surface area contributed by atoms with Crippen LogP contribution in [0.15, 0.2) is 30.4 Å². The van der Waals surface area contributed by atoms with Gasteiger partial charge < -0.3 is 10.4 Å². The van der Waals surface area contributed by atoms with Crippen LogP contribution in [0.3, 0.4) is 0 Å². The molecule has 100 valence electrons. The Kier molecular flexibility index (Phi) is 4.69. The zero-order chi connectivity index (χ0) is 14.4. The molecular weight excluding hydrogens is 262 g/mol. The topological polar surface area (TPSA) is 95.5 Å². The van der Waals surface area contributed by atoms with E-state index in [2.05, 4.69) is 0 Å². The van der Waals surface area contributed by atoms with Crippen LogP contribution in [0.5, 0.6) is 0 Å². The smallest absolute Gasteiger partial charge is 0.328 e. The van der Waals surface area contributed by atoms with Crippen LogP contribution < -0.4 is 10.6 Å². The molecule has 0 radical (unpaired) electrons. The van der Waals surface area contributed by atoms with Gasteiger partial charge in [-0.05, 0) is 12.1 Å². The molecule has 0 aromatic heterocycles. The first-order valence-corrected chi connectivity index (χ1v) is 4.86. The van der Waals surface area contributed by atoms with Crippen molar-refractivity contribution in [2.75, 3.05) is 5.32 Å². The monoisotopic (exact) mass is 270 g/mol. The number of amides is 3. The molecule has 1 aromatic carbocycles. The van der Waals surface area contributed by atoms with E-state index in [1.54, 1.807) is 5.32 Å². The highest BCUT2D eigenvalue weighted by molar-refractivity contribution is 6.06. The molecule has 0 saturated heterocycles. The summed E-state index contributed by atoms with van der Waals surface area (Å²) in [7, 11) is 0. The number of aliphatic carboxylic acids is 1. The maximum absolute atomic E-state index is 13.1. The Hall–Kier alpha value is -2.77. The molecule has 0 aliphatic carbocycles. The SMILES string of the molecule is O=C(O)/C=C/C(=O)NC(=O)Nc1ccc(F)cc1F. The molecule has 19 heavy (non-hydrogen) atoms. The molecule has 1 aromatic rings. The fraction of sp³-hybridized carbons (Fsp3) is 0. The maximum atomic E-state index is 13.1. The number of urea groups is 1. The van der Waals surface area contributed by atoms with Crippen molar-refractivity contribution in [3.05, 3.63) is 42.0 Å². The second kappa shape index (κ2) is 6.24. The summed E-state index contributed by atoms with van der Waals surface area (Å²) in [6.45, 7) is 0. The summed E-state index contributed by atoms with van der Waals surface area (Å²) in [5, 5.41) is 11.9. The second-order valence-corrected chi connectivity index (χ2v) is 3.24. The standard InChI is InChI=1S/C11H8F2N2O4/c12-6-1-2-8(7(13)5-6)14-11(19)15-9(16)3-4-10(17)18/h1-5H,(H,17,18)(H2,14,15,16,19)/b4-3+. The van der Waals surface area contributed by atoms with Crippen LogP contribution >= 0.6 is 0 Å². The largest absolute Gasteiger partial charge is 0.478 e. The van der Waals surface area contributed by atoms with Gasteiger partial charge in [-0.25, -0.2) is 18.4 Å². The highest BCUT2D eigenvalue weighted by atomic mass is 19.1. The maximum Gasteiger partial charge on any atom is 0.328 e. The summed E-state index contributed by atoms with van der Waals surface area (Å²) in [6, 6.07) is 1.37. The Morgan fingerprint density at radius 3 is 2.42 bits per heavy atom. The molecule has 0 spiro atoms. The van der Waals surface area contributed by atoms with E-state index >= 15 is 0 Å². The van der Waals surface area contributed by atoms with Crippen molar-refractivity contribution in [1.29, 1.82) is 0 Å². The number of carboxylic acid groups (broad SMARTS) is 1. The van der Waals surface area contributed by atoms with Gasteiger partial charge in [0.25, 0.3) is 5.91 Å². The molecule has 0 heterocycles. The van der Waals surface area contributed by atoms with Crippen molar-refractivity contribution in [2.24, 2.45) is 0 Å². The average Bonchev–Trinajstić information content (AvgIpc) is 2.30. The van der Waals surface area contributed by atoms with Crippen LogP contribution in [-0.4, -0.2) is 23.0 Å². The molecule has 1 rings (SSSR count). The minimum atomic E-state index is -1.36. The number of rotatable bonds is 3. The van der Waals surface area contributed by atoms with Gasteiger partial charge in [-0.2, -0.15) is 0 Å². The second-order valence-electron chi connectivity index (χ2n) is 3.24. The Balaban J connectivity index is 2.60. The van der Waals surface area contributed by atoms with Gasteiger partial charge in [-0.3, -0.25) is 10.1 Å². The van der Waals surface area contributed by atoms with Crippen molar-refractivity contribution in [3.63, 3.8) is 0 Å². The number of benzene rings is 1. The normalized spacial score (nSPS) is 10.2. The lowest BCUT2D eigenvalue weighted by Gasteiger charge is -2.06. The number of hydrogen-bond acceptors (Lipinski definition) is 3. The summed E-state index contributed by atoms with van der Waals surface area (Å²) in [6.07, 6.45) is 1.14. The van der Waals surface area contributed by atoms with Gasteiger partial charge in [0.15, 0.2) is 0 Å². The fourth-order valence-corrected chi connectivity index (χ4v) is 1.04. The lowest BCUT2D eigenvalue weighted by molar-refractivity contribution is -0.131. The van der Waals surface area contributed by atoms with Gasteiger partial charge in [-0.1, -0.05) is 0 Å². The van der Waals surface area contributed by atoms with E-state index in [0.29, 0.717) is 18.2 Å². The van der Waals surface area contributed by atoms with E-state index in [4.69, 9.17) is 5.11 Å². The van der Waals surface area contributed by atoms with E-state index in [1.807, 2.05) is 5.32 Å². The number of imide groups is 1. The van der Waals surface area contributed by atoms with Crippen LogP contribution in [0.2, 0.25) is 0 Å². The quantitative estimate of drug-likeness (QED) is 0.720. The highest BCUT2D eigenvalue weighted by Crippen LogP contribution is 2.14. The number of hydrogen-bond donors (Lipinski definition) is 3. The number of anilines is 1. The molecule has 0 bridgehead atoms. The first-order valence-electron chi connectivity index (χ1n) is 4.86. The molecule has 0 fully saturated rings. The summed E-state index contributed by atoms with van der Waals surface area (Å²) in [4.78, 5) is 32.3. The molecule has 3 amide bonds. The predicted molar refractivity (Wildman–Crippen MR) is 60.3 cm³/mol. The molecule has 6 nitrogen and oxygen atoms in total. The van der Waals surface area contributed by atoms with E-state index in [0.717, 1.165) is 12.1 Å². The van der Waals surface area contributed by atoms with Gasteiger partial charge >= 0.3 is 12.0 Å². The minimum absolute atomic E-state index is 0.325. The predicted octanol–water partition coefficient (Wildman–Crippen LogP) is 1.25. The van der Waals surface area contributed by atoms with E-state index in [9.17, 15) is 23.2 Å². The van der Waals surface area contributed by atoms with Crippen LogP contribution in [-0.2, 0) is 9.59 Å². The number of halogens is 2. The third-order valence-electron chi connectivity index (χ3n) is 1.79. The molecule has 0 atom stereocenters. The van der Waals surface area contributed by atoms with Crippen LogP contribution in [0.25, 0.3) is 0 Å². The Bertz CT molecular complexity index is 558. The lowest BCUT2D eigenvalue weighted by Crippen LogP contribution is -2.33. The van der Waals surface area contributed by atoms with Gasteiger partial charge in [0, 0.05) is 18.2 Å². The van der Waals surface area contributed by atoms with Crippen molar-refractivity contribution in [1.82, 2.24) is 5.32 Å². The van der Waals surface area contributed by atoms with E-state index in [1.165, 1.54) is 0 Å². The number of carbonyl (C=O) groups is 3. The summed E-state index contributed by atoms with van der Waals surface area (Å²) < 4.78 is 25.7. The van der Waals surface area contributed by atoms with Gasteiger partial charge in [-0.15, -0.1) is 0 Å². The number of carboxylic acids is 1. The summed E-state index contributed by atoms with van der Waals surface area (Å²) in [5.41, 5.74) is -0.325. The summed E-state index contributed by atoms with van der Waals surface area (Å²) >= 11 is 0. The third kappa shape index (κ3) is 4.94. The van der Waals surface area contributed by atoms with Crippen molar-refractivity contribution < 1.29 is 28.3 Å². The molecular formula is C11H8F2N2O4. The number of carbonyl (C=O) groups excluding carboxylic acids is 2. The molecule has 0 aliphatic rings. The minimum Gasteiger partial charge on any atom is -0.478 e. The van der Waals surface area contributed by atoms with Crippen molar-refractivity contribution in [3.8, 4) is 0 Å². The fourth-order valence-electron chi connectivity index (χ4n) is 1.04. The molecule has 3 N–H and O–H groups in total. The van der Waals surface area contributed by atoms with Crippen molar-refractivity contribution in [2.45, 2.75) is 0 Å². The first-order chi connectivity index (χ1) is 8.88. The Morgan fingerprint density at radius 1 is 1.16 bits per heavy atom.